The van der Waals surface area contributed by atoms with Gasteiger partial charge in [-0.2, -0.15) is 0 Å². The Morgan fingerprint density at radius 3 is 2.39 bits per heavy atom. The molecule has 202 valence electrons. The third-order valence-corrected chi connectivity index (χ3v) is 6.56. The predicted octanol–water partition coefficient (Wildman–Crippen LogP) is 3.58. The van der Waals surface area contributed by atoms with Crippen molar-refractivity contribution >= 4 is 12.1 Å². The molecule has 2 bridgehead atoms. The topological polar surface area (TPSA) is 107 Å². The van der Waals surface area contributed by atoms with Crippen LogP contribution in [-0.4, -0.2) is 71.5 Å². The summed E-state index contributed by atoms with van der Waals surface area (Å²) >= 11 is 0. The van der Waals surface area contributed by atoms with Crippen LogP contribution in [0.5, 0.6) is 0 Å². The van der Waals surface area contributed by atoms with Crippen molar-refractivity contribution in [3.05, 3.63) is 35.9 Å². The van der Waals surface area contributed by atoms with Gasteiger partial charge in [0.1, 0.15) is 18.4 Å². The van der Waals surface area contributed by atoms with E-state index in [1.165, 1.54) is 0 Å². The van der Waals surface area contributed by atoms with E-state index in [9.17, 15) is 14.7 Å². The zero-order valence-corrected chi connectivity index (χ0v) is 22.1. The molecule has 36 heavy (non-hydrogen) atoms. The number of carbonyl (C=O) groups is 2. The summed E-state index contributed by atoms with van der Waals surface area (Å²) in [4.78, 5) is 27.5. The molecule has 1 amide bonds. The molecule has 2 aliphatic rings. The first-order valence-corrected chi connectivity index (χ1v) is 13.0. The number of ether oxygens (including phenoxy) is 4. The Kier molecular flexibility index (Phi) is 10.1. The number of nitrogens with zero attached hydrogens (tertiary/aromatic N) is 1. The van der Waals surface area contributed by atoms with Gasteiger partial charge in [-0.3, -0.25) is 15.0 Å². The maximum absolute atomic E-state index is 13.1. The molecule has 5 atom stereocenters. The number of fused-ring (bicyclic) bond motifs is 2. The van der Waals surface area contributed by atoms with E-state index < -0.39 is 42.3 Å². The molecule has 1 aliphatic heterocycles. The summed E-state index contributed by atoms with van der Waals surface area (Å²) < 4.78 is 22.6. The normalized spacial score (nSPS) is 23.1. The number of aliphatic hydroxyl groups is 1. The van der Waals surface area contributed by atoms with E-state index in [4.69, 9.17) is 18.9 Å². The second kappa shape index (κ2) is 12.9. The molecule has 0 radical (unpaired) electrons. The minimum atomic E-state index is -1.10. The summed E-state index contributed by atoms with van der Waals surface area (Å²) in [6, 6.07) is 8.39. The number of rotatable bonds is 12. The van der Waals surface area contributed by atoms with Crippen LogP contribution in [0.25, 0.3) is 0 Å². The third kappa shape index (κ3) is 7.65. The van der Waals surface area contributed by atoms with Gasteiger partial charge in [0.05, 0.1) is 18.5 Å². The first kappa shape index (κ1) is 28.4. The Hall–Kier alpha value is -2.20. The quantitative estimate of drug-likeness (QED) is 0.327. The van der Waals surface area contributed by atoms with Crippen molar-refractivity contribution in [3.63, 3.8) is 0 Å². The zero-order valence-electron chi connectivity index (χ0n) is 22.1. The van der Waals surface area contributed by atoms with Gasteiger partial charge in [0.25, 0.3) is 0 Å². The highest BCUT2D eigenvalue weighted by Gasteiger charge is 2.52. The number of esters is 1. The van der Waals surface area contributed by atoms with Gasteiger partial charge in [-0.05, 0) is 65.4 Å². The van der Waals surface area contributed by atoms with Gasteiger partial charge in [0.15, 0.2) is 6.29 Å². The molecular weight excluding hydrogens is 464 g/mol. The van der Waals surface area contributed by atoms with Crippen molar-refractivity contribution in [3.8, 4) is 0 Å². The minimum absolute atomic E-state index is 0.0265. The first-order valence-electron chi connectivity index (χ1n) is 13.0. The fourth-order valence-electron chi connectivity index (χ4n) is 5.22. The predicted molar refractivity (Wildman–Crippen MR) is 134 cm³/mol. The van der Waals surface area contributed by atoms with E-state index >= 15 is 0 Å². The molecule has 0 spiro atoms. The average Bonchev–Trinajstić information content (AvgIpc) is 3.43. The molecule has 4 unspecified atom stereocenters. The van der Waals surface area contributed by atoms with Crippen LogP contribution in [0.3, 0.4) is 0 Å². The molecule has 1 saturated heterocycles. The SMILES string of the molecule is CCOC(OCC)[C@H](CC(=O)OC(C)(C)C)NC(O)C1C2CCC(C2)N1C(=O)OCc1ccccc1. The van der Waals surface area contributed by atoms with Crippen molar-refractivity contribution in [1.82, 2.24) is 10.2 Å². The van der Waals surface area contributed by atoms with Gasteiger partial charge in [-0.1, -0.05) is 30.3 Å². The summed E-state index contributed by atoms with van der Waals surface area (Å²) in [6.07, 6.45) is 0.273. The van der Waals surface area contributed by atoms with Crippen LogP contribution in [-0.2, 0) is 30.3 Å². The van der Waals surface area contributed by atoms with Crippen molar-refractivity contribution < 1.29 is 33.6 Å². The molecule has 1 aromatic carbocycles. The van der Waals surface area contributed by atoms with E-state index in [-0.39, 0.29) is 25.0 Å². The molecular formula is C27H42N2O7. The lowest BCUT2D eigenvalue weighted by Crippen LogP contribution is -2.59. The highest BCUT2D eigenvalue weighted by atomic mass is 16.7. The molecule has 1 heterocycles. The van der Waals surface area contributed by atoms with Gasteiger partial charge in [-0.15, -0.1) is 0 Å². The van der Waals surface area contributed by atoms with E-state index in [0.29, 0.717) is 13.2 Å². The van der Waals surface area contributed by atoms with Crippen molar-refractivity contribution in [2.75, 3.05) is 13.2 Å². The van der Waals surface area contributed by atoms with Crippen LogP contribution in [0.4, 0.5) is 4.79 Å². The maximum atomic E-state index is 13.1. The Balaban J connectivity index is 1.72. The van der Waals surface area contributed by atoms with Crippen LogP contribution in [0, 0.1) is 5.92 Å². The molecule has 2 N–H and O–H groups in total. The number of amides is 1. The van der Waals surface area contributed by atoms with Gasteiger partial charge in [0, 0.05) is 19.3 Å². The molecule has 0 aromatic heterocycles. The number of nitrogens with one attached hydrogen (secondary N) is 1. The number of likely N-dealkylation sites (tertiary alicyclic amines) is 1. The molecule has 2 fully saturated rings. The van der Waals surface area contributed by atoms with E-state index in [1.54, 1.807) is 25.7 Å². The standard InChI is InChI=1S/C27H42N2O7/c1-6-33-25(34-7-2)21(16-22(30)36-27(3,4)5)28-24(31)23-19-13-14-20(15-19)29(23)26(32)35-17-18-11-9-8-10-12-18/h8-12,19-21,23-25,28,31H,6-7,13-17H2,1-5H3/t19?,20?,21-,23?,24?/m0/s1. The van der Waals surface area contributed by atoms with Gasteiger partial charge in [-0.25, -0.2) is 4.79 Å². The number of carbonyl (C=O) groups excluding carboxylic acids is 2. The fourth-order valence-corrected chi connectivity index (χ4v) is 5.22. The Labute approximate surface area is 214 Å². The number of aliphatic hydroxyl groups excluding tert-OH is 1. The fraction of sp³-hybridized carbons (Fsp3) is 0.704. The molecule has 1 aromatic rings. The Bertz CT molecular complexity index is 838. The number of benzene rings is 1. The first-order chi connectivity index (χ1) is 17.1. The van der Waals surface area contributed by atoms with E-state index in [2.05, 4.69) is 5.32 Å². The average molecular weight is 507 g/mol. The van der Waals surface area contributed by atoms with Crippen LogP contribution in [0.1, 0.15) is 65.9 Å². The second-order valence-electron chi connectivity index (χ2n) is 10.5. The van der Waals surface area contributed by atoms with Crippen LogP contribution in [0.15, 0.2) is 30.3 Å². The second-order valence-corrected chi connectivity index (χ2v) is 10.5. The van der Waals surface area contributed by atoms with Crippen LogP contribution >= 0.6 is 0 Å². The zero-order chi connectivity index (χ0) is 26.3. The van der Waals surface area contributed by atoms with Crippen LogP contribution in [0.2, 0.25) is 0 Å². The van der Waals surface area contributed by atoms with E-state index in [1.807, 2.05) is 44.2 Å². The summed E-state index contributed by atoms with van der Waals surface area (Å²) in [5.74, 6) is -0.287. The number of hydrogen-bond donors (Lipinski definition) is 2. The van der Waals surface area contributed by atoms with Gasteiger partial charge >= 0.3 is 12.1 Å². The molecule has 9 nitrogen and oxygen atoms in total. The lowest BCUT2D eigenvalue weighted by molar-refractivity contribution is -0.176. The summed E-state index contributed by atoms with van der Waals surface area (Å²) in [5.41, 5.74) is 0.260. The highest BCUT2D eigenvalue weighted by Crippen LogP contribution is 2.44. The summed E-state index contributed by atoms with van der Waals surface area (Å²) in [7, 11) is 0. The number of hydrogen-bond acceptors (Lipinski definition) is 8. The van der Waals surface area contributed by atoms with Crippen molar-refractivity contribution in [2.45, 2.75) is 103 Å². The number of piperidine rings is 1. The van der Waals surface area contributed by atoms with Gasteiger partial charge in [0.2, 0.25) is 0 Å². The molecule has 1 aliphatic carbocycles. The van der Waals surface area contributed by atoms with Crippen molar-refractivity contribution in [1.29, 1.82) is 0 Å². The van der Waals surface area contributed by atoms with E-state index in [0.717, 1.165) is 24.8 Å². The summed E-state index contributed by atoms with van der Waals surface area (Å²) in [6.45, 7) is 10.0. The van der Waals surface area contributed by atoms with Crippen molar-refractivity contribution in [2.24, 2.45) is 5.92 Å². The maximum Gasteiger partial charge on any atom is 0.410 e. The Morgan fingerprint density at radius 2 is 1.78 bits per heavy atom. The monoisotopic (exact) mass is 506 g/mol. The summed E-state index contributed by atoms with van der Waals surface area (Å²) in [5, 5.41) is 14.5. The molecule has 3 rings (SSSR count). The smallest absolute Gasteiger partial charge is 0.410 e. The van der Waals surface area contributed by atoms with Gasteiger partial charge < -0.3 is 24.1 Å². The lowest BCUT2D eigenvalue weighted by atomic mass is 9.96. The minimum Gasteiger partial charge on any atom is -0.460 e. The molecule has 1 saturated carbocycles. The highest BCUT2D eigenvalue weighted by molar-refractivity contribution is 5.71. The third-order valence-electron chi connectivity index (χ3n) is 6.56. The Morgan fingerprint density at radius 1 is 1.11 bits per heavy atom. The molecule has 9 heteroatoms. The lowest BCUT2D eigenvalue weighted by Gasteiger charge is -2.39. The largest absolute Gasteiger partial charge is 0.460 e. The van der Waals surface area contributed by atoms with Crippen LogP contribution < -0.4 is 5.32 Å².